The van der Waals surface area contributed by atoms with Gasteiger partial charge in [-0.05, 0) is 52.1 Å². The van der Waals surface area contributed by atoms with Crippen LogP contribution in [0.15, 0.2) is 0 Å². The fourth-order valence-corrected chi connectivity index (χ4v) is 3.36. The van der Waals surface area contributed by atoms with Crippen LogP contribution in [0.3, 0.4) is 0 Å². The van der Waals surface area contributed by atoms with Crippen molar-refractivity contribution in [2.75, 3.05) is 31.1 Å². The topological polar surface area (TPSA) is 28.2 Å². The van der Waals surface area contributed by atoms with Crippen molar-refractivity contribution in [2.24, 2.45) is 5.92 Å². The van der Waals surface area contributed by atoms with Crippen molar-refractivity contribution in [3.8, 4) is 0 Å². The third-order valence-electron chi connectivity index (χ3n) is 3.76. The first-order valence-corrected chi connectivity index (χ1v) is 7.92. The lowest BCUT2D eigenvalue weighted by molar-refractivity contribution is 0.383. The summed E-state index contributed by atoms with van der Waals surface area (Å²) in [5, 5.41) is 4.77. The number of piperidine rings is 1. The number of anilines is 1. The Morgan fingerprint density at radius 3 is 2.61 bits per heavy atom. The molecule has 1 saturated heterocycles. The van der Waals surface area contributed by atoms with Crippen LogP contribution in [0, 0.1) is 19.8 Å². The predicted octanol–water partition coefficient (Wildman–Crippen LogP) is 2.98. The van der Waals surface area contributed by atoms with Gasteiger partial charge in [0.2, 0.25) is 0 Å². The van der Waals surface area contributed by atoms with E-state index < -0.39 is 0 Å². The highest BCUT2D eigenvalue weighted by molar-refractivity contribution is 7.15. The van der Waals surface area contributed by atoms with Crippen LogP contribution < -0.4 is 10.2 Å². The number of nitrogens with one attached hydrogen (secondary N) is 1. The third kappa shape index (κ3) is 3.45. The molecule has 0 bridgehead atoms. The van der Waals surface area contributed by atoms with Crippen molar-refractivity contribution in [3.63, 3.8) is 0 Å². The van der Waals surface area contributed by atoms with Crippen LogP contribution in [-0.4, -0.2) is 31.2 Å². The lowest BCUT2D eigenvalue weighted by Gasteiger charge is -2.31. The summed E-state index contributed by atoms with van der Waals surface area (Å²) in [6.45, 7) is 11.2. The first kappa shape index (κ1) is 13.8. The van der Waals surface area contributed by atoms with Gasteiger partial charge < -0.3 is 10.2 Å². The minimum atomic E-state index is 0.856. The van der Waals surface area contributed by atoms with Gasteiger partial charge >= 0.3 is 0 Å². The van der Waals surface area contributed by atoms with Gasteiger partial charge in [-0.15, -0.1) is 11.3 Å². The molecule has 102 valence electrons. The van der Waals surface area contributed by atoms with Crippen LogP contribution in [0.4, 0.5) is 5.13 Å². The van der Waals surface area contributed by atoms with Crippen LogP contribution in [0.25, 0.3) is 0 Å². The summed E-state index contributed by atoms with van der Waals surface area (Å²) >= 11 is 1.84. The van der Waals surface area contributed by atoms with Gasteiger partial charge in [-0.2, -0.15) is 0 Å². The average molecular weight is 267 g/mol. The zero-order valence-electron chi connectivity index (χ0n) is 11.8. The molecule has 18 heavy (non-hydrogen) atoms. The first-order valence-electron chi connectivity index (χ1n) is 7.10. The van der Waals surface area contributed by atoms with Crippen molar-refractivity contribution < 1.29 is 0 Å². The van der Waals surface area contributed by atoms with E-state index in [1.165, 1.54) is 54.6 Å². The van der Waals surface area contributed by atoms with Crippen LogP contribution in [0.1, 0.15) is 36.8 Å². The van der Waals surface area contributed by atoms with Gasteiger partial charge in [0.25, 0.3) is 0 Å². The third-order valence-corrected chi connectivity index (χ3v) is 4.90. The van der Waals surface area contributed by atoms with E-state index in [-0.39, 0.29) is 0 Å². The molecule has 0 radical (unpaired) electrons. The minimum absolute atomic E-state index is 0.856. The second-order valence-corrected chi connectivity index (χ2v) is 6.45. The van der Waals surface area contributed by atoms with E-state index in [0.717, 1.165) is 12.5 Å². The standard InChI is InChI=1S/C14H25N3S/c1-4-7-15-10-13-5-8-17(9-6-13)14-16-11(2)12(3)18-14/h13,15H,4-10H2,1-3H3. The maximum absolute atomic E-state index is 4.66. The van der Waals surface area contributed by atoms with E-state index in [2.05, 4.69) is 36.0 Å². The zero-order valence-corrected chi connectivity index (χ0v) is 12.6. The molecule has 0 saturated carbocycles. The Labute approximate surface area is 115 Å². The van der Waals surface area contributed by atoms with Gasteiger partial charge in [0.1, 0.15) is 0 Å². The molecule has 1 fully saturated rings. The van der Waals surface area contributed by atoms with E-state index in [1.54, 1.807) is 0 Å². The smallest absolute Gasteiger partial charge is 0.185 e. The molecule has 0 unspecified atom stereocenters. The number of aromatic nitrogens is 1. The maximum atomic E-state index is 4.66. The molecular formula is C14H25N3S. The SMILES string of the molecule is CCCNCC1CCN(c2nc(C)c(C)s2)CC1. The van der Waals surface area contributed by atoms with Crippen molar-refractivity contribution in [1.29, 1.82) is 0 Å². The Hall–Kier alpha value is -0.610. The molecule has 1 aliphatic rings. The van der Waals surface area contributed by atoms with Gasteiger partial charge in [0, 0.05) is 18.0 Å². The molecule has 2 heterocycles. The molecule has 4 heteroatoms. The van der Waals surface area contributed by atoms with Crippen LogP contribution in [-0.2, 0) is 0 Å². The zero-order chi connectivity index (χ0) is 13.0. The average Bonchev–Trinajstić information content (AvgIpc) is 2.71. The number of aryl methyl sites for hydroxylation is 2. The van der Waals surface area contributed by atoms with Crippen molar-refractivity contribution in [1.82, 2.24) is 10.3 Å². The molecule has 1 aromatic rings. The van der Waals surface area contributed by atoms with E-state index in [0.29, 0.717) is 0 Å². The Bertz CT molecular complexity index is 348. The Balaban J connectivity index is 1.79. The van der Waals surface area contributed by atoms with E-state index in [4.69, 9.17) is 0 Å². The molecule has 1 aromatic heterocycles. The summed E-state index contributed by atoms with van der Waals surface area (Å²) in [5.41, 5.74) is 1.20. The number of thiazole rings is 1. The molecule has 0 amide bonds. The number of hydrogen-bond donors (Lipinski definition) is 1. The Morgan fingerprint density at radius 2 is 2.06 bits per heavy atom. The predicted molar refractivity (Wildman–Crippen MR) is 79.7 cm³/mol. The molecule has 1 N–H and O–H groups in total. The monoisotopic (exact) mass is 267 g/mol. The molecular weight excluding hydrogens is 242 g/mol. The number of hydrogen-bond acceptors (Lipinski definition) is 4. The summed E-state index contributed by atoms with van der Waals surface area (Å²) in [4.78, 5) is 8.48. The Morgan fingerprint density at radius 1 is 1.33 bits per heavy atom. The van der Waals surface area contributed by atoms with Gasteiger partial charge in [-0.25, -0.2) is 4.98 Å². The van der Waals surface area contributed by atoms with Gasteiger partial charge in [-0.3, -0.25) is 0 Å². The van der Waals surface area contributed by atoms with Crippen molar-refractivity contribution in [3.05, 3.63) is 10.6 Å². The molecule has 0 atom stereocenters. The highest BCUT2D eigenvalue weighted by Crippen LogP contribution is 2.28. The molecule has 3 nitrogen and oxygen atoms in total. The number of rotatable bonds is 5. The summed E-state index contributed by atoms with van der Waals surface area (Å²) < 4.78 is 0. The minimum Gasteiger partial charge on any atom is -0.348 e. The lowest BCUT2D eigenvalue weighted by atomic mass is 9.97. The molecule has 0 aromatic carbocycles. The second-order valence-electron chi connectivity index (χ2n) is 5.27. The Kier molecular flexibility index (Phi) is 5.01. The molecule has 0 aliphatic carbocycles. The lowest BCUT2D eigenvalue weighted by Crippen LogP contribution is -2.37. The maximum Gasteiger partial charge on any atom is 0.185 e. The van der Waals surface area contributed by atoms with Crippen molar-refractivity contribution in [2.45, 2.75) is 40.0 Å². The van der Waals surface area contributed by atoms with Gasteiger partial charge in [0.05, 0.1) is 5.69 Å². The molecule has 2 rings (SSSR count). The summed E-state index contributed by atoms with van der Waals surface area (Å²) in [6, 6.07) is 0. The largest absolute Gasteiger partial charge is 0.348 e. The van der Waals surface area contributed by atoms with Crippen molar-refractivity contribution >= 4 is 16.5 Å². The highest BCUT2D eigenvalue weighted by Gasteiger charge is 2.21. The van der Waals surface area contributed by atoms with Gasteiger partial charge in [-0.1, -0.05) is 6.92 Å². The first-order chi connectivity index (χ1) is 8.70. The van der Waals surface area contributed by atoms with Gasteiger partial charge in [0.15, 0.2) is 5.13 Å². The van der Waals surface area contributed by atoms with Crippen LogP contribution >= 0.6 is 11.3 Å². The summed E-state index contributed by atoms with van der Waals surface area (Å²) in [6.07, 6.45) is 3.83. The fourth-order valence-electron chi connectivity index (χ4n) is 2.40. The van der Waals surface area contributed by atoms with Crippen LogP contribution in [0.2, 0.25) is 0 Å². The summed E-state index contributed by atoms with van der Waals surface area (Å²) in [5.74, 6) is 0.856. The highest BCUT2D eigenvalue weighted by atomic mass is 32.1. The van der Waals surface area contributed by atoms with E-state index >= 15 is 0 Å². The van der Waals surface area contributed by atoms with E-state index in [9.17, 15) is 0 Å². The second kappa shape index (κ2) is 6.53. The quantitative estimate of drug-likeness (QED) is 0.831. The normalized spacial score (nSPS) is 17.4. The fraction of sp³-hybridized carbons (Fsp3) is 0.786. The molecule has 1 aliphatic heterocycles. The summed E-state index contributed by atoms with van der Waals surface area (Å²) in [7, 11) is 0. The molecule has 0 spiro atoms. The van der Waals surface area contributed by atoms with E-state index in [1.807, 2.05) is 11.3 Å². The van der Waals surface area contributed by atoms with Crippen LogP contribution in [0.5, 0.6) is 0 Å². The number of nitrogens with zero attached hydrogens (tertiary/aromatic N) is 2.